The molecule has 0 aromatic carbocycles. The van der Waals surface area contributed by atoms with Crippen molar-refractivity contribution in [3.8, 4) is 6.07 Å². The normalized spacial score (nSPS) is 28.9. The molecule has 0 aromatic heterocycles. The maximum Gasteiger partial charge on any atom is 0.108 e. The molecule has 1 rings (SSSR count). The van der Waals surface area contributed by atoms with Crippen molar-refractivity contribution in [2.24, 2.45) is 11.8 Å². The molecular weight excluding hydrogens is 186 g/mol. The molecule has 0 bridgehead atoms. The first kappa shape index (κ1) is 12.5. The molecule has 1 aliphatic rings. The van der Waals surface area contributed by atoms with Gasteiger partial charge in [-0.2, -0.15) is 5.26 Å². The smallest absolute Gasteiger partial charge is 0.108 e. The fourth-order valence-electron chi connectivity index (χ4n) is 2.13. The summed E-state index contributed by atoms with van der Waals surface area (Å²) >= 11 is 0. The highest BCUT2D eigenvalue weighted by molar-refractivity contribution is 4.93. The van der Waals surface area contributed by atoms with Gasteiger partial charge in [-0.25, -0.2) is 0 Å². The molecule has 1 heterocycles. The lowest BCUT2D eigenvalue weighted by Gasteiger charge is -2.19. The Bertz CT molecular complexity index is 211. The predicted molar refractivity (Wildman–Crippen MR) is 62.5 cm³/mol. The summed E-state index contributed by atoms with van der Waals surface area (Å²) in [7, 11) is 0. The van der Waals surface area contributed by atoms with E-state index in [1.54, 1.807) is 0 Å². The van der Waals surface area contributed by atoms with Crippen molar-refractivity contribution >= 4 is 0 Å². The third-order valence-electron chi connectivity index (χ3n) is 3.30. The first-order valence-corrected chi connectivity index (χ1v) is 6.02. The molecule has 1 N–H and O–H groups in total. The van der Waals surface area contributed by atoms with Crippen LogP contribution in [-0.4, -0.2) is 37.1 Å². The lowest BCUT2D eigenvalue weighted by atomic mass is 10.0. The Kier molecular flexibility index (Phi) is 5.07. The molecule has 0 amide bonds. The Morgan fingerprint density at radius 3 is 2.47 bits per heavy atom. The summed E-state index contributed by atoms with van der Waals surface area (Å²) < 4.78 is 0. The SMILES string of the molecule is CCCNC(C#N)CN1CC(C)C(C)C1. The monoisotopic (exact) mass is 209 g/mol. The summed E-state index contributed by atoms with van der Waals surface area (Å²) in [6, 6.07) is 2.34. The Labute approximate surface area is 93.5 Å². The summed E-state index contributed by atoms with van der Waals surface area (Å²) in [6.07, 6.45) is 1.09. The van der Waals surface area contributed by atoms with Gasteiger partial charge in [0.1, 0.15) is 6.04 Å². The van der Waals surface area contributed by atoms with Crippen LogP contribution < -0.4 is 5.32 Å². The molecule has 15 heavy (non-hydrogen) atoms. The summed E-state index contributed by atoms with van der Waals surface area (Å²) in [5.41, 5.74) is 0. The quantitative estimate of drug-likeness (QED) is 0.745. The zero-order chi connectivity index (χ0) is 11.3. The third kappa shape index (κ3) is 3.81. The molecule has 0 spiro atoms. The molecule has 0 saturated carbocycles. The van der Waals surface area contributed by atoms with Crippen LogP contribution in [-0.2, 0) is 0 Å². The maximum atomic E-state index is 9.01. The van der Waals surface area contributed by atoms with Gasteiger partial charge in [-0.15, -0.1) is 0 Å². The summed E-state index contributed by atoms with van der Waals surface area (Å²) in [4.78, 5) is 2.41. The minimum absolute atomic E-state index is 0.00227. The van der Waals surface area contributed by atoms with Gasteiger partial charge in [0.25, 0.3) is 0 Å². The van der Waals surface area contributed by atoms with E-state index in [2.05, 4.69) is 37.1 Å². The highest BCUT2D eigenvalue weighted by atomic mass is 15.2. The molecule has 3 nitrogen and oxygen atoms in total. The van der Waals surface area contributed by atoms with Crippen molar-refractivity contribution in [3.05, 3.63) is 0 Å². The van der Waals surface area contributed by atoms with Gasteiger partial charge in [0.2, 0.25) is 0 Å². The Morgan fingerprint density at radius 2 is 2.00 bits per heavy atom. The lowest BCUT2D eigenvalue weighted by molar-refractivity contribution is 0.301. The molecule has 1 fully saturated rings. The van der Waals surface area contributed by atoms with Crippen LogP contribution in [0.2, 0.25) is 0 Å². The number of rotatable bonds is 5. The second-order valence-electron chi connectivity index (χ2n) is 4.81. The molecular formula is C12H23N3. The lowest BCUT2D eigenvalue weighted by Crippen LogP contribution is -2.39. The Balaban J connectivity index is 2.30. The Morgan fingerprint density at radius 1 is 1.40 bits per heavy atom. The minimum Gasteiger partial charge on any atom is -0.301 e. The van der Waals surface area contributed by atoms with Crippen LogP contribution in [0.1, 0.15) is 27.2 Å². The van der Waals surface area contributed by atoms with Crippen LogP contribution in [0.4, 0.5) is 0 Å². The zero-order valence-corrected chi connectivity index (χ0v) is 10.2. The van der Waals surface area contributed by atoms with Gasteiger partial charge in [-0.3, -0.25) is 0 Å². The van der Waals surface area contributed by atoms with E-state index >= 15 is 0 Å². The molecule has 86 valence electrons. The van der Waals surface area contributed by atoms with Crippen LogP contribution >= 0.6 is 0 Å². The second kappa shape index (κ2) is 6.09. The molecule has 0 radical (unpaired) electrons. The van der Waals surface area contributed by atoms with Gasteiger partial charge in [0, 0.05) is 19.6 Å². The molecule has 3 atom stereocenters. The first-order valence-electron chi connectivity index (χ1n) is 6.02. The van der Waals surface area contributed by atoms with Gasteiger partial charge in [0.05, 0.1) is 6.07 Å². The van der Waals surface area contributed by atoms with Crippen molar-refractivity contribution in [3.63, 3.8) is 0 Å². The third-order valence-corrected chi connectivity index (χ3v) is 3.30. The topological polar surface area (TPSA) is 39.1 Å². The van der Waals surface area contributed by atoms with Gasteiger partial charge in [-0.05, 0) is 24.8 Å². The minimum atomic E-state index is 0.00227. The van der Waals surface area contributed by atoms with Gasteiger partial charge < -0.3 is 10.2 Å². The van der Waals surface area contributed by atoms with E-state index in [1.165, 1.54) is 0 Å². The highest BCUT2D eigenvalue weighted by Crippen LogP contribution is 2.21. The standard InChI is InChI=1S/C12H23N3/c1-4-5-14-12(6-13)9-15-7-10(2)11(3)8-15/h10-12,14H,4-5,7-9H2,1-3H3. The van der Waals surface area contributed by atoms with E-state index in [1.807, 2.05) is 0 Å². The fraction of sp³-hybridized carbons (Fsp3) is 0.917. The van der Waals surface area contributed by atoms with E-state index in [0.717, 1.165) is 44.4 Å². The van der Waals surface area contributed by atoms with E-state index in [9.17, 15) is 0 Å². The van der Waals surface area contributed by atoms with Crippen molar-refractivity contribution in [2.75, 3.05) is 26.2 Å². The molecule has 0 aliphatic carbocycles. The number of hydrogen-bond acceptors (Lipinski definition) is 3. The van der Waals surface area contributed by atoms with Gasteiger partial charge >= 0.3 is 0 Å². The van der Waals surface area contributed by atoms with E-state index in [4.69, 9.17) is 5.26 Å². The second-order valence-corrected chi connectivity index (χ2v) is 4.81. The predicted octanol–water partition coefficient (Wildman–Crippen LogP) is 1.47. The van der Waals surface area contributed by atoms with E-state index in [-0.39, 0.29) is 6.04 Å². The number of nitrogens with zero attached hydrogens (tertiary/aromatic N) is 2. The van der Waals surface area contributed by atoms with Crippen LogP contribution in [0.25, 0.3) is 0 Å². The van der Waals surface area contributed by atoms with E-state index in [0.29, 0.717) is 0 Å². The van der Waals surface area contributed by atoms with E-state index < -0.39 is 0 Å². The van der Waals surface area contributed by atoms with Crippen molar-refractivity contribution in [2.45, 2.75) is 33.2 Å². The summed E-state index contributed by atoms with van der Waals surface area (Å²) in [6.45, 7) is 10.8. The molecule has 0 aromatic rings. The molecule has 3 unspecified atom stereocenters. The number of likely N-dealkylation sites (tertiary alicyclic amines) is 1. The van der Waals surface area contributed by atoms with Crippen LogP contribution in [0.3, 0.4) is 0 Å². The van der Waals surface area contributed by atoms with Crippen LogP contribution in [0.5, 0.6) is 0 Å². The average molecular weight is 209 g/mol. The van der Waals surface area contributed by atoms with Crippen LogP contribution in [0, 0.1) is 23.2 Å². The molecule has 3 heteroatoms. The molecule has 1 saturated heterocycles. The van der Waals surface area contributed by atoms with Crippen molar-refractivity contribution < 1.29 is 0 Å². The first-order chi connectivity index (χ1) is 7.17. The average Bonchev–Trinajstić information content (AvgIpc) is 2.53. The zero-order valence-electron chi connectivity index (χ0n) is 10.2. The summed E-state index contributed by atoms with van der Waals surface area (Å²) in [5.74, 6) is 1.55. The highest BCUT2D eigenvalue weighted by Gasteiger charge is 2.27. The maximum absolute atomic E-state index is 9.01. The van der Waals surface area contributed by atoms with Gasteiger partial charge in [0.15, 0.2) is 0 Å². The van der Waals surface area contributed by atoms with Crippen molar-refractivity contribution in [1.82, 2.24) is 10.2 Å². The van der Waals surface area contributed by atoms with Gasteiger partial charge in [-0.1, -0.05) is 20.8 Å². The fourth-order valence-corrected chi connectivity index (χ4v) is 2.13. The number of nitrogens with one attached hydrogen (secondary N) is 1. The Hall–Kier alpha value is -0.590. The number of nitriles is 1. The number of hydrogen-bond donors (Lipinski definition) is 1. The largest absolute Gasteiger partial charge is 0.301 e. The van der Waals surface area contributed by atoms with Crippen LogP contribution in [0.15, 0.2) is 0 Å². The van der Waals surface area contributed by atoms with Crippen molar-refractivity contribution in [1.29, 1.82) is 5.26 Å². The summed E-state index contributed by atoms with van der Waals surface area (Å²) in [5, 5.41) is 12.3. The molecule has 1 aliphatic heterocycles.